The maximum Gasteiger partial charge on any atom is 0.339 e. The van der Waals surface area contributed by atoms with E-state index in [1.807, 2.05) is 0 Å². The van der Waals surface area contributed by atoms with Crippen LogP contribution in [0.3, 0.4) is 0 Å². The van der Waals surface area contributed by atoms with Gasteiger partial charge in [-0.2, -0.15) is 8.42 Å². The Kier molecular flexibility index (Phi) is 7.00. The van der Waals surface area contributed by atoms with Crippen molar-refractivity contribution >= 4 is 16.0 Å². The third-order valence-electron chi connectivity index (χ3n) is 5.32. The van der Waals surface area contributed by atoms with Crippen LogP contribution >= 0.6 is 0 Å². The highest BCUT2D eigenvalue weighted by Crippen LogP contribution is 2.23. The van der Waals surface area contributed by atoms with E-state index in [9.17, 15) is 13.2 Å². The topological polar surface area (TPSA) is 95.3 Å². The summed E-state index contributed by atoms with van der Waals surface area (Å²) in [5, 5.41) is 0. The van der Waals surface area contributed by atoms with Crippen molar-refractivity contribution in [3.63, 3.8) is 0 Å². The molecule has 174 valence electrons. The quantitative estimate of drug-likeness (QED) is 0.437. The zero-order valence-corrected chi connectivity index (χ0v) is 19.0. The SMILES string of the molecule is COc1ccc(S(=O)(=O)Oc2ccc(CN(C[C@@H]3CCCO3)C(=O)c3ccco3)cc2)cc1. The van der Waals surface area contributed by atoms with Crippen molar-refractivity contribution in [1.29, 1.82) is 0 Å². The van der Waals surface area contributed by atoms with Crippen LogP contribution < -0.4 is 8.92 Å². The van der Waals surface area contributed by atoms with Gasteiger partial charge in [0.2, 0.25) is 0 Å². The largest absolute Gasteiger partial charge is 0.497 e. The minimum absolute atomic E-state index is 0.0128. The Bertz CT molecular complexity index is 1150. The lowest BCUT2D eigenvalue weighted by Gasteiger charge is -2.25. The fourth-order valence-electron chi connectivity index (χ4n) is 3.60. The number of rotatable bonds is 9. The van der Waals surface area contributed by atoms with Crippen LogP contribution in [-0.4, -0.2) is 45.6 Å². The fourth-order valence-corrected chi connectivity index (χ4v) is 4.53. The van der Waals surface area contributed by atoms with Crippen molar-refractivity contribution in [2.24, 2.45) is 0 Å². The fraction of sp³-hybridized carbons (Fsp3) is 0.292. The van der Waals surface area contributed by atoms with E-state index in [0.29, 0.717) is 25.4 Å². The van der Waals surface area contributed by atoms with Crippen LogP contribution in [0.25, 0.3) is 0 Å². The molecule has 0 aliphatic carbocycles. The molecule has 3 aromatic rings. The summed E-state index contributed by atoms with van der Waals surface area (Å²) < 4.78 is 46.4. The Labute approximate surface area is 192 Å². The normalized spacial score (nSPS) is 15.8. The molecule has 2 aromatic carbocycles. The highest BCUT2D eigenvalue weighted by Gasteiger charge is 2.25. The van der Waals surface area contributed by atoms with Crippen molar-refractivity contribution in [3.8, 4) is 11.5 Å². The standard InChI is InChI=1S/C24H25NO7S/c1-29-19-10-12-22(13-11-19)33(27,28)32-20-8-6-18(7-9-20)16-25(17-21-4-2-14-30-21)24(26)23-5-3-15-31-23/h3,5-13,15,21H,2,4,14,16-17H2,1H3/t21-/m0/s1. The van der Waals surface area contributed by atoms with Gasteiger partial charge in [0.25, 0.3) is 5.91 Å². The van der Waals surface area contributed by atoms with Crippen LogP contribution in [0, 0.1) is 0 Å². The average Bonchev–Trinajstić information content (AvgIpc) is 3.54. The molecule has 4 rings (SSSR count). The predicted octanol–water partition coefficient (Wildman–Crippen LogP) is 3.88. The van der Waals surface area contributed by atoms with Crippen LogP contribution in [-0.2, 0) is 21.4 Å². The molecule has 0 bridgehead atoms. The van der Waals surface area contributed by atoms with Crippen LogP contribution in [0.4, 0.5) is 0 Å². The number of hydrogen-bond donors (Lipinski definition) is 0. The number of nitrogens with zero attached hydrogens (tertiary/aromatic N) is 1. The Morgan fingerprint density at radius 2 is 1.79 bits per heavy atom. The van der Waals surface area contributed by atoms with Gasteiger partial charge in [0.1, 0.15) is 16.4 Å². The average molecular weight is 472 g/mol. The number of ether oxygens (including phenoxy) is 2. The molecule has 0 unspecified atom stereocenters. The molecule has 0 radical (unpaired) electrons. The molecule has 1 aliphatic heterocycles. The summed E-state index contributed by atoms with van der Waals surface area (Å²) in [6.45, 7) is 1.47. The second-order valence-electron chi connectivity index (χ2n) is 7.65. The monoisotopic (exact) mass is 471 g/mol. The van der Waals surface area contributed by atoms with Gasteiger partial charge in [-0.05, 0) is 66.9 Å². The lowest BCUT2D eigenvalue weighted by molar-refractivity contribution is 0.0484. The van der Waals surface area contributed by atoms with Crippen molar-refractivity contribution in [3.05, 3.63) is 78.3 Å². The predicted molar refractivity (Wildman–Crippen MR) is 120 cm³/mol. The van der Waals surface area contributed by atoms with Crippen LogP contribution in [0.5, 0.6) is 11.5 Å². The van der Waals surface area contributed by atoms with Gasteiger partial charge in [-0.3, -0.25) is 4.79 Å². The molecular formula is C24H25NO7S. The molecule has 0 saturated carbocycles. The molecule has 8 nitrogen and oxygen atoms in total. The van der Waals surface area contributed by atoms with E-state index in [2.05, 4.69) is 0 Å². The van der Waals surface area contributed by atoms with E-state index in [4.69, 9.17) is 18.1 Å². The van der Waals surface area contributed by atoms with Crippen molar-refractivity contribution in [2.45, 2.75) is 30.4 Å². The van der Waals surface area contributed by atoms with Crippen LogP contribution in [0.1, 0.15) is 29.0 Å². The number of carbonyl (C=O) groups excluding carboxylic acids is 1. The van der Waals surface area contributed by atoms with Gasteiger partial charge in [-0.1, -0.05) is 12.1 Å². The Balaban J connectivity index is 1.45. The number of methoxy groups -OCH3 is 1. The van der Waals surface area contributed by atoms with Gasteiger partial charge in [-0.15, -0.1) is 0 Å². The summed E-state index contributed by atoms with van der Waals surface area (Å²) in [4.78, 5) is 14.6. The van der Waals surface area contributed by atoms with E-state index in [-0.39, 0.29) is 28.4 Å². The highest BCUT2D eigenvalue weighted by atomic mass is 32.2. The summed E-state index contributed by atoms with van der Waals surface area (Å²) in [7, 11) is -2.48. The first-order chi connectivity index (χ1) is 15.9. The third kappa shape index (κ3) is 5.74. The molecule has 33 heavy (non-hydrogen) atoms. The Morgan fingerprint density at radius 1 is 1.06 bits per heavy atom. The molecule has 1 atom stereocenters. The van der Waals surface area contributed by atoms with Gasteiger partial charge in [0.05, 0.1) is 19.5 Å². The van der Waals surface area contributed by atoms with E-state index in [1.54, 1.807) is 53.4 Å². The lowest BCUT2D eigenvalue weighted by atomic mass is 10.1. The zero-order valence-electron chi connectivity index (χ0n) is 18.2. The zero-order chi connectivity index (χ0) is 23.3. The van der Waals surface area contributed by atoms with E-state index < -0.39 is 10.1 Å². The van der Waals surface area contributed by atoms with Crippen LogP contribution in [0.15, 0.2) is 76.2 Å². The van der Waals surface area contributed by atoms with Crippen molar-refractivity contribution < 1.29 is 31.3 Å². The minimum Gasteiger partial charge on any atom is -0.497 e. The molecule has 0 spiro atoms. The molecule has 1 fully saturated rings. The molecule has 0 N–H and O–H groups in total. The number of furan rings is 1. The number of benzene rings is 2. The summed E-state index contributed by atoms with van der Waals surface area (Å²) in [6, 6.07) is 15.9. The van der Waals surface area contributed by atoms with E-state index >= 15 is 0 Å². The van der Waals surface area contributed by atoms with Gasteiger partial charge in [0.15, 0.2) is 5.76 Å². The van der Waals surface area contributed by atoms with Crippen molar-refractivity contribution in [2.75, 3.05) is 20.3 Å². The minimum atomic E-state index is -3.98. The number of amides is 1. The Morgan fingerprint density at radius 3 is 2.39 bits per heavy atom. The second-order valence-corrected chi connectivity index (χ2v) is 9.20. The number of hydrogen-bond acceptors (Lipinski definition) is 7. The summed E-state index contributed by atoms with van der Waals surface area (Å²) >= 11 is 0. The maximum absolute atomic E-state index is 12.9. The van der Waals surface area contributed by atoms with Gasteiger partial charge in [-0.25, -0.2) is 0 Å². The van der Waals surface area contributed by atoms with Crippen LogP contribution in [0.2, 0.25) is 0 Å². The molecule has 1 saturated heterocycles. The smallest absolute Gasteiger partial charge is 0.339 e. The third-order valence-corrected chi connectivity index (χ3v) is 6.58. The lowest BCUT2D eigenvalue weighted by Crippen LogP contribution is -2.36. The summed E-state index contributed by atoms with van der Waals surface area (Å²) in [6.07, 6.45) is 3.33. The van der Waals surface area contributed by atoms with E-state index in [0.717, 1.165) is 18.4 Å². The van der Waals surface area contributed by atoms with E-state index in [1.165, 1.54) is 25.5 Å². The van der Waals surface area contributed by atoms with Gasteiger partial charge >= 0.3 is 10.1 Å². The Hall–Kier alpha value is -3.30. The molecule has 9 heteroatoms. The summed E-state index contributed by atoms with van der Waals surface area (Å²) in [5.74, 6) is 0.768. The number of carbonyl (C=O) groups is 1. The summed E-state index contributed by atoms with van der Waals surface area (Å²) in [5.41, 5.74) is 0.821. The second kappa shape index (κ2) is 10.1. The molecule has 1 aliphatic rings. The van der Waals surface area contributed by atoms with Crippen molar-refractivity contribution in [1.82, 2.24) is 4.90 Å². The van der Waals surface area contributed by atoms with Gasteiger partial charge < -0.3 is 23.0 Å². The molecule has 1 aromatic heterocycles. The first-order valence-corrected chi connectivity index (χ1v) is 12.0. The maximum atomic E-state index is 12.9. The van der Waals surface area contributed by atoms with Gasteiger partial charge in [0, 0.05) is 19.7 Å². The first-order valence-electron chi connectivity index (χ1n) is 10.6. The highest BCUT2D eigenvalue weighted by molar-refractivity contribution is 7.87. The molecular weight excluding hydrogens is 446 g/mol. The first kappa shape index (κ1) is 22.9. The molecule has 1 amide bonds. The molecule has 2 heterocycles.